The van der Waals surface area contributed by atoms with Crippen LogP contribution < -0.4 is 10.5 Å². The van der Waals surface area contributed by atoms with E-state index in [1.807, 2.05) is 0 Å². The van der Waals surface area contributed by atoms with Gasteiger partial charge < -0.3 is 29.8 Å². The summed E-state index contributed by atoms with van der Waals surface area (Å²) in [5.74, 6) is 6.64. The van der Waals surface area contributed by atoms with Crippen molar-refractivity contribution >= 4 is 5.91 Å². The average molecular weight is 408 g/mol. The number of rotatable bonds is 3. The highest BCUT2D eigenvalue weighted by molar-refractivity contribution is 5.91. The molecular weight excluding hydrogens is 388 g/mol. The maximum absolute atomic E-state index is 11.6. The lowest BCUT2D eigenvalue weighted by molar-refractivity contribution is 0.0993. The molecule has 0 saturated carbocycles. The molecule has 4 N–H and O–H groups in total. The summed E-state index contributed by atoms with van der Waals surface area (Å²) in [5.41, 5.74) is 5.51. The van der Waals surface area contributed by atoms with Gasteiger partial charge in [0.2, 0.25) is 0 Å². The number of benzene rings is 1. The average Bonchev–Trinajstić information content (AvgIpc) is 3.30. The van der Waals surface area contributed by atoms with Crippen molar-refractivity contribution in [3.63, 3.8) is 0 Å². The SMILES string of the molecule is Cc1cc([C@](C)(O)C#Cc2ccc3c(c2)-c2nc(C(N)=O)cn2C[C@@H](CO)O3)no1. The van der Waals surface area contributed by atoms with Crippen molar-refractivity contribution in [1.82, 2.24) is 14.7 Å². The molecule has 154 valence electrons. The van der Waals surface area contributed by atoms with E-state index in [4.69, 9.17) is 15.0 Å². The molecule has 9 nitrogen and oxygen atoms in total. The Bertz CT molecular complexity index is 1180. The molecule has 30 heavy (non-hydrogen) atoms. The molecule has 1 aliphatic rings. The van der Waals surface area contributed by atoms with Crippen LogP contribution in [0.4, 0.5) is 0 Å². The van der Waals surface area contributed by atoms with Crippen molar-refractivity contribution in [2.45, 2.75) is 32.1 Å². The summed E-state index contributed by atoms with van der Waals surface area (Å²) in [7, 11) is 0. The number of hydrogen-bond donors (Lipinski definition) is 3. The second kappa shape index (κ2) is 7.33. The van der Waals surface area contributed by atoms with E-state index in [2.05, 4.69) is 22.0 Å². The number of hydrogen-bond acceptors (Lipinski definition) is 7. The maximum Gasteiger partial charge on any atom is 0.268 e. The molecule has 0 unspecified atom stereocenters. The van der Waals surface area contributed by atoms with Gasteiger partial charge in [-0.05, 0) is 32.0 Å². The summed E-state index contributed by atoms with van der Waals surface area (Å²) in [6, 6.07) is 6.82. The third-order valence-electron chi connectivity index (χ3n) is 4.72. The zero-order valence-corrected chi connectivity index (χ0v) is 16.4. The number of fused-ring (bicyclic) bond motifs is 3. The highest BCUT2D eigenvalue weighted by Crippen LogP contribution is 2.34. The molecule has 0 fully saturated rings. The Balaban J connectivity index is 1.76. The quantitative estimate of drug-likeness (QED) is 0.549. The number of aliphatic hydroxyl groups excluding tert-OH is 1. The number of imidazole rings is 1. The van der Waals surface area contributed by atoms with E-state index < -0.39 is 17.6 Å². The summed E-state index contributed by atoms with van der Waals surface area (Å²) >= 11 is 0. The van der Waals surface area contributed by atoms with Gasteiger partial charge in [0.25, 0.3) is 5.91 Å². The number of carbonyl (C=O) groups is 1. The first-order valence-corrected chi connectivity index (χ1v) is 9.25. The Morgan fingerprint density at radius 2 is 2.23 bits per heavy atom. The van der Waals surface area contributed by atoms with Crippen LogP contribution in [0.25, 0.3) is 11.4 Å². The van der Waals surface area contributed by atoms with Crippen LogP contribution in [0, 0.1) is 18.8 Å². The van der Waals surface area contributed by atoms with Gasteiger partial charge in [-0.25, -0.2) is 4.98 Å². The molecular formula is C21H20N4O5. The van der Waals surface area contributed by atoms with Crippen molar-refractivity contribution in [3.8, 4) is 29.0 Å². The number of nitrogens with zero attached hydrogens (tertiary/aromatic N) is 3. The minimum atomic E-state index is -1.50. The molecule has 1 aliphatic heterocycles. The molecule has 0 aliphatic carbocycles. The second-order valence-electron chi connectivity index (χ2n) is 7.24. The van der Waals surface area contributed by atoms with Gasteiger partial charge in [-0.1, -0.05) is 17.0 Å². The zero-order chi connectivity index (χ0) is 21.5. The Morgan fingerprint density at radius 3 is 2.90 bits per heavy atom. The largest absolute Gasteiger partial charge is 0.485 e. The van der Waals surface area contributed by atoms with Crippen molar-refractivity contribution < 1.29 is 24.3 Å². The minimum Gasteiger partial charge on any atom is -0.485 e. The molecule has 3 aromatic rings. The number of aromatic nitrogens is 3. The molecule has 3 heterocycles. The summed E-state index contributed by atoms with van der Waals surface area (Å²) in [4.78, 5) is 15.9. The summed E-state index contributed by atoms with van der Waals surface area (Å²) in [6.07, 6.45) is 1.03. The van der Waals surface area contributed by atoms with Crippen LogP contribution in [-0.4, -0.2) is 43.5 Å². The van der Waals surface area contributed by atoms with E-state index >= 15 is 0 Å². The number of aryl methyl sites for hydroxylation is 1. The molecule has 1 aromatic carbocycles. The second-order valence-corrected chi connectivity index (χ2v) is 7.24. The van der Waals surface area contributed by atoms with Gasteiger partial charge in [0.1, 0.15) is 34.8 Å². The van der Waals surface area contributed by atoms with Crippen LogP contribution in [0.5, 0.6) is 5.75 Å². The fraction of sp³-hybridized carbons (Fsp3) is 0.286. The van der Waals surface area contributed by atoms with Gasteiger partial charge in [0, 0.05) is 17.8 Å². The number of ether oxygens (including phenoxy) is 1. The van der Waals surface area contributed by atoms with Gasteiger partial charge in [-0.2, -0.15) is 0 Å². The third-order valence-corrected chi connectivity index (χ3v) is 4.72. The smallest absolute Gasteiger partial charge is 0.268 e. The van der Waals surface area contributed by atoms with E-state index in [1.54, 1.807) is 35.8 Å². The highest BCUT2D eigenvalue weighted by atomic mass is 16.5. The van der Waals surface area contributed by atoms with Crippen molar-refractivity contribution in [2.24, 2.45) is 5.73 Å². The van der Waals surface area contributed by atoms with Crippen molar-refractivity contribution in [1.29, 1.82) is 0 Å². The number of primary amides is 1. The number of aliphatic hydroxyl groups is 2. The van der Waals surface area contributed by atoms with Gasteiger partial charge >= 0.3 is 0 Å². The molecule has 0 bridgehead atoms. The predicted octanol–water partition coefficient (Wildman–Crippen LogP) is 0.958. The lowest BCUT2D eigenvalue weighted by atomic mass is 10.0. The van der Waals surface area contributed by atoms with Crippen LogP contribution in [0.15, 0.2) is 35.0 Å². The van der Waals surface area contributed by atoms with Crippen LogP contribution >= 0.6 is 0 Å². The molecule has 0 radical (unpaired) electrons. The van der Waals surface area contributed by atoms with E-state index in [9.17, 15) is 15.0 Å². The van der Waals surface area contributed by atoms with Gasteiger partial charge in [0.05, 0.1) is 18.7 Å². The van der Waals surface area contributed by atoms with E-state index in [-0.39, 0.29) is 12.3 Å². The van der Waals surface area contributed by atoms with Gasteiger partial charge in [-0.15, -0.1) is 0 Å². The summed E-state index contributed by atoms with van der Waals surface area (Å²) in [5, 5.41) is 24.0. The number of carbonyl (C=O) groups excluding carboxylic acids is 1. The number of nitrogens with two attached hydrogens (primary N) is 1. The topological polar surface area (TPSA) is 137 Å². The van der Waals surface area contributed by atoms with Crippen LogP contribution in [-0.2, 0) is 12.1 Å². The van der Waals surface area contributed by atoms with E-state index in [0.29, 0.717) is 40.7 Å². The first kappa shape index (κ1) is 19.7. The van der Waals surface area contributed by atoms with Crippen LogP contribution in [0.1, 0.15) is 34.4 Å². The fourth-order valence-corrected chi connectivity index (χ4v) is 3.16. The normalized spacial score (nSPS) is 16.9. The van der Waals surface area contributed by atoms with Crippen LogP contribution in [0.3, 0.4) is 0 Å². The molecule has 9 heteroatoms. The molecule has 4 rings (SSSR count). The Kier molecular flexibility index (Phi) is 4.81. The Labute approximate surface area is 172 Å². The molecule has 0 saturated heterocycles. The first-order valence-electron chi connectivity index (χ1n) is 9.25. The lowest BCUT2D eigenvalue weighted by Crippen LogP contribution is -2.25. The number of amides is 1. The highest BCUT2D eigenvalue weighted by Gasteiger charge is 2.26. The Hall–Kier alpha value is -3.61. The van der Waals surface area contributed by atoms with E-state index in [1.165, 1.54) is 13.1 Å². The third kappa shape index (κ3) is 3.66. The minimum absolute atomic E-state index is 0.121. The molecule has 1 amide bonds. The van der Waals surface area contributed by atoms with Crippen molar-refractivity contribution in [3.05, 3.63) is 53.2 Å². The van der Waals surface area contributed by atoms with Gasteiger partial charge in [0.15, 0.2) is 5.60 Å². The fourth-order valence-electron chi connectivity index (χ4n) is 3.16. The molecule has 0 spiro atoms. The molecule has 2 aromatic heterocycles. The summed E-state index contributed by atoms with van der Waals surface area (Å²) < 4.78 is 12.6. The first-order chi connectivity index (χ1) is 14.3. The lowest BCUT2D eigenvalue weighted by Gasteiger charge is -2.15. The summed E-state index contributed by atoms with van der Waals surface area (Å²) in [6.45, 7) is 3.36. The van der Waals surface area contributed by atoms with Crippen LogP contribution in [0.2, 0.25) is 0 Å². The molecule has 2 atom stereocenters. The standard InChI is InChI=1S/C21H20N4O5/c1-12-7-18(24-30-12)21(2,28)6-5-13-3-4-17-15(8-13)20-23-16(19(22)27)10-25(20)9-14(11-26)29-17/h3-4,7-8,10,14,26,28H,9,11H2,1-2H3,(H2,22,27)/t14-,21+/m0/s1. The van der Waals surface area contributed by atoms with E-state index in [0.717, 1.165) is 0 Å². The maximum atomic E-state index is 11.6. The zero-order valence-electron chi connectivity index (χ0n) is 16.4. The van der Waals surface area contributed by atoms with Crippen molar-refractivity contribution in [2.75, 3.05) is 6.61 Å². The van der Waals surface area contributed by atoms with Gasteiger partial charge in [-0.3, -0.25) is 4.79 Å². The monoisotopic (exact) mass is 408 g/mol. The predicted molar refractivity (Wildman–Crippen MR) is 105 cm³/mol. The Morgan fingerprint density at radius 1 is 1.43 bits per heavy atom.